The lowest BCUT2D eigenvalue weighted by Crippen LogP contribution is -2.11. The molecular formula is C19H26O3. The van der Waals surface area contributed by atoms with Gasteiger partial charge in [-0.15, -0.1) is 0 Å². The Balaban J connectivity index is 1.75. The van der Waals surface area contributed by atoms with E-state index in [1.165, 1.54) is 0 Å². The highest BCUT2D eigenvalue weighted by Crippen LogP contribution is 2.29. The van der Waals surface area contributed by atoms with Gasteiger partial charge >= 0.3 is 0 Å². The third-order valence-electron chi connectivity index (χ3n) is 3.80. The first-order chi connectivity index (χ1) is 10.3. The van der Waals surface area contributed by atoms with Crippen LogP contribution >= 0.6 is 0 Å². The molecule has 3 heteroatoms. The van der Waals surface area contributed by atoms with Gasteiger partial charge in [-0.25, -0.2) is 0 Å². The highest BCUT2D eigenvalue weighted by Gasteiger charge is 2.19. The van der Waals surface area contributed by atoms with Gasteiger partial charge in [-0.2, -0.15) is 0 Å². The number of carbonyl (C=O) groups is 1. The molecule has 0 unspecified atom stereocenters. The van der Waals surface area contributed by atoms with Crippen LogP contribution in [-0.2, 0) is 14.3 Å². The monoisotopic (exact) mass is 302 g/mol. The first-order valence-electron chi connectivity index (χ1n) is 7.90. The summed E-state index contributed by atoms with van der Waals surface area (Å²) in [6, 6.07) is 0. The molecule has 0 N–H and O–H groups in total. The second-order valence-electron chi connectivity index (χ2n) is 7.24. The molecule has 0 saturated carbocycles. The van der Waals surface area contributed by atoms with Crippen molar-refractivity contribution in [3.05, 3.63) is 48.3 Å². The second-order valence-corrected chi connectivity index (χ2v) is 7.24. The summed E-state index contributed by atoms with van der Waals surface area (Å²) in [5, 5.41) is 0. The van der Waals surface area contributed by atoms with Crippen molar-refractivity contribution in [1.82, 2.24) is 0 Å². The molecule has 0 saturated heterocycles. The van der Waals surface area contributed by atoms with Crippen LogP contribution in [0.1, 0.15) is 53.4 Å². The quantitative estimate of drug-likeness (QED) is 0.690. The number of allylic oxidation sites excluding steroid dienone is 6. The van der Waals surface area contributed by atoms with Crippen LogP contribution in [0.5, 0.6) is 0 Å². The molecule has 0 aromatic heterocycles. The number of hydrogen-bond acceptors (Lipinski definition) is 3. The fraction of sp³-hybridized carbons (Fsp3) is 0.526. The Bertz CT molecular complexity index is 497. The van der Waals surface area contributed by atoms with Crippen molar-refractivity contribution in [3.63, 3.8) is 0 Å². The molecule has 2 aliphatic heterocycles. The predicted molar refractivity (Wildman–Crippen MR) is 87.7 cm³/mol. The molecule has 0 amide bonds. The minimum Gasteiger partial charge on any atom is -0.470 e. The van der Waals surface area contributed by atoms with E-state index < -0.39 is 0 Å². The topological polar surface area (TPSA) is 35.5 Å². The Morgan fingerprint density at radius 1 is 0.864 bits per heavy atom. The number of ketones is 1. The number of hydrogen-bond donors (Lipinski definition) is 0. The summed E-state index contributed by atoms with van der Waals surface area (Å²) in [6.07, 6.45) is 14.0. The second kappa shape index (κ2) is 6.55. The summed E-state index contributed by atoms with van der Waals surface area (Å²) >= 11 is 0. The lowest BCUT2D eigenvalue weighted by Gasteiger charge is -2.22. The number of Topliss-reactive ketones (excluding diaryl/α,β-unsaturated/α-hetero) is 1. The van der Waals surface area contributed by atoms with Crippen LogP contribution in [0.25, 0.3) is 0 Å². The lowest BCUT2D eigenvalue weighted by atomic mass is 9.90. The molecule has 3 nitrogen and oxygen atoms in total. The Kier molecular flexibility index (Phi) is 4.94. The van der Waals surface area contributed by atoms with Gasteiger partial charge in [0.05, 0.1) is 12.5 Å². The van der Waals surface area contributed by atoms with Crippen molar-refractivity contribution in [2.24, 2.45) is 10.8 Å². The van der Waals surface area contributed by atoms with E-state index in [9.17, 15) is 4.79 Å². The van der Waals surface area contributed by atoms with Crippen molar-refractivity contribution in [2.45, 2.75) is 53.4 Å². The molecule has 2 heterocycles. The van der Waals surface area contributed by atoms with E-state index in [1.54, 1.807) is 12.5 Å². The van der Waals surface area contributed by atoms with Gasteiger partial charge in [0.15, 0.2) is 0 Å². The van der Waals surface area contributed by atoms with Crippen LogP contribution in [0.2, 0.25) is 0 Å². The number of ether oxygens (including phenoxy) is 2. The molecule has 2 rings (SSSR count). The van der Waals surface area contributed by atoms with Gasteiger partial charge in [0.25, 0.3) is 0 Å². The summed E-state index contributed by atoms with van der Waals surface area (Å²) in [4.78, 5) is 12.0. The predicted octanol–water partition coefficient (Wildman–Crippen LogP) is 5.02. The van der Waals surface area contributed by atoms with Crippen LogP contribution in [0, 0.1) is 10.8 Å². The van der Waals surface area contributed by atoms with E-state index in [2.05, 4.69) is 39.8 Å². The first-order valence-corrected chi connectivity index (χ1v) is 7.90. The van der Waals surface area contributed by atoms with Crippen LogP contribution in [-0.4, -0.2) is 5.78 Å². The van der Waals surface area contributed by atoms with E-state index in [1.807, 2.05) is 12.2 Å². The minimum atomic E-state index is 0.00922. The van der Waals surface area contributed by atoms with Gasteiger partial charge in [-0.05, 0) is 24.3 Å². The van der Waals surface area contributed by atoms with Crippen molar-refractivity contribution in [2.75, 3.05) is 0 Å². The first kappa shape index (κ1) is 16.6. The third-order valence-corrected chi connectivity index (χ3v) is 3.80. The third kappa shape index (κ3) is 5.21. The van der Waals surface area contributed by atoms with Crippen LogP contribution in [0.15, 0.2) is 48.3 Å². The Labute approximate surface area is 133 Å². The van der Waals surface area contributed by atoms with E-state index in [-0.39, 0.29) is 16.6 Å². The molecule has 0 bridgehead atoms. The maximum absolute atomic E-state index is 12.0. The molecule has 0 aromatic carbocycles. The summed E-state index contributed by atoms with van der Waals surface area (Å²) in [7, 11) is 0. The molecule has 0 radical (unpaired) electrons. The Hall–Kier alpha value is -1.77. The molecule has 0 atom stereocenters. The standard InChI is InChI=1S/C19H26O3/c1-18(2)9-11-21-16(13-18)7-5-15(20)6-8-17-14-19(3,4)10-12-22-17/h9-14H,5-8H2,1-4H3. The van der Waals surface area contributed by atoms with Crippen LogP contribution in [0.4, 0.5) is 0 Å². The number of carbonyl (C=O) groups excluding carboxylic acids is 1. The summed E-state index contributed by atoms with van der Waals surface area (Å²) < 4.78 is 10.9. The van der Waals surface area contributed by atoms with Crippen molar-refractivity contribution < 1.29 is 14.3 Å². The van der Waals surface area contributed by atoms with E-state index in [0.29, 0.717) is 25.7 Å². The normalized spacial score (nSPS) is 21.5. The van der Waals surface area contributed by atoms with E-state index >= 15 is 0 Å². The van der Waals surface area contributed by atoms with Crippen LogP contribution < -0.4 is 0 Å². The molecule has 0 spiro atoms. The van der Waals surface area contributed by atoms with Gasteiger partial charge in [0, 0.05) is 36.5 Å². The molecule has 0 aromatic rings. The van der Waals surface area contributed by atoms with Crippen molar-refractivity contribution in [3.8, 4) is 0 Å². The molecule has 0 fully saturated rings. The smallest absolute Gasteiger partial charge is 0.133 e. The number of rotatable bonds is 6. The van der Waals surface area contributed by atoms with Gasteiger partial charge in [0.2, 0.25) is 0 Å². The largest absolute Gasteiger partial charge is 0.470 e. The van der Waals surface area contributed by atoms with Gasteiger partial charge < -0.3 is 9.47 Å². The average Bonchev–Trinajstić information content (AvgIpc) is 2.41. The molecule has 2 aliphatic rings. The maximum atomic E-state index is 12.0. The van der Waals surface area contributed by atoms with E-state index in [0.717, 1.165) is 11.5 Å². The zero-order valence-electron chi connectivity index (χ0n) is 14.0. The molecular weight excluding hydrogens is 276 g/mol. The SMILES string of the molecule is CC1(C)C=COC(CCC(=O)CCC2=CC(C)(C)C=CO2)=C1. The zero-order valence-corrected chi connectivity index (χ0v) is 14.0. The zero-order chi connectivity index (χ0) is 16.2. The fourth-order valence-corrected chi connectivity index (χ4v) is 2.50. The fourth-order valence-electron chi connectivity index (χ4n) is 2.50. The summed E-state index contributed by atoms with van der Waals surface area (Å²) in [5.74, 6) is 2.02. The lowest BCUT2D eigenvalue weighted by molar-refractivity contribution is -0.119. The van der Waals surface area contributed by atoms with Gasteiger partial charge in [0.1, 0.15) is 17.3 Å². The average molecular weight is 302 g/mol. The van der Waals surface area contributed by atoms with Gasteiger partial charge in [-0.3, -0.25) is 4.79 Å². The Morgan fingerprint density at radius 3 is 1.64 bits per heavy atom. The summed E-state index contributed by atoms with van der Waals surface area (Å²) in [5.41, 5.74) is 0.0184. The summed E-state index contributed by atoms with van der Waals surface area (Å²) in [6.45, 7) is 8.48. The Morgan fingerprint density at radius 2 is 1.27 bits per heavy atom. The maximum Gasteiger partial charge on any atom is 0.133 e. The highest BCUT2D eigenvalue weighted by molar-refractivity contribution is 5.78. The van der Waals surface area contributed by atoms with Crippen molar-refractivity contribution in [1.29, 1.82) is 0 Å². The molecule has 0 aliphatic carbocycles. The highest BCUT2D eigenvalue weighted by atomic mass is 16.5. The van der Waals surface area contributed by atoms with Crippen molar-refractivity contribution >= 4 is 5.78 Å². The molecule has 120 valence electrons. The van der Waals surface area contributed by atoms with E-state index in [4.69, 9.17) is 9.47 Å². The van der Waals surface area contributed by atoms with Gasteiger partial charge in [-0.1, -0.05) is 27.7 Å². The van der Waals surface area contributed by atoms with Crippen LogP contribution in [0.3, 0.4) is 0 Å². The molecule has 22 heavy (non-hydrogen) atoms. The minimum absolute atomic E-state index is 0.00922.